The van der Waals surface area contributed by atoms with Crippen molar-refractivity contribution in [2.45, 2.75) is 19.4 Å². The summed E-state index contributed by atoms with van der Waals surface area (Å²) in [6.07, 6.45) is 8.97. The van der Waals surface area contributed by atoms with Gasteiger partial charge in [-0.25, -0.2) is 19.3 Å². The molecule has 0 atom stereocenters. The van der Waals surface area contributed by atoms with Crippen LogP contribution < -0.4 is 10.5 Å². The molecule has 4 aromatic heterocycles. The summed E-state index contributed by atoms with van der Waals surface area (Å²) in [7, 11) is 0. The Morgan fingerprint density at radius 2 is 2.04 bits per heavy atom. The standard InChI is InChI=1S/C19H20N8O/c28-17-3-2-16(26-9-1-7-23-26)24-27(17)12-14-5-10-25(11-6-14)19-15-4-8-20-18(15)21-13-22-19/h1-4,7-9,13-14H,5-6,10-12H2,(H,20,21,22). The van der Waals surface area contributed by atoms with Crippen molar-refractivity contribution in [3.63, 3.8) is 0 Å². The van der Waals surface area contributed by atoms with Crippen LogP contribution in [0.2, 0.25) is 0 Å². The van der Waals surface area contributed by atoms with E-state index >= 15 is 0 Å². The maximum atomic E-state index is 12.3. The molecule has 28 heavy (non-hydrogen) atoms. The lowest BCUT2D eigenvalue weighted by Gasteiger charge is -2.33. The molecule has 1 saturated heterocycles. The Balaban J connectivity index is 1.30. The van der Waals surface area contributed by atoms with E-state index in [1.165, 1.54) is 0 Å². The van der Waals surface area contributed by atoms with Gasteiger partial charge in [0.15, 0.2) is 5.82 Å². The number of piperidine rings is 1. The Kier molecular flexibility index (Phi) is 4.12. The van der Waals surface area contributed by atoms with Crippen LogP contribution in [0.5, 0.6) is 0 Å². The third-order valence-electron chi connectivity index (χ3n) is 5.27. The first kappa shape index (κ1) is 16.7. The van der Waals surface area contributed by atoms with Crippen LogP contribution in [0.4, 0.5) is 5.82 Å². The van der Waals surface area contributed by atoms with Crippen LogP contribution in [0.3, 0.4) is 0 Å². The molecule has 0 saturated carbocycles. The summed E-state index contributed by atoms with van der Waals surface area (Å²) >= 11 is 0. The largest absolute Gasteiger partial charge is 0.356 e. The van der Waals surface area contributed by atoms with Crippen LogP contribution in [-0.4, -0.2) is 47.6 Å². The molecule has 0 unspecified atom stereocenters. The molecule has 0 aliphatic carbocycles. The molecular formula is C19H20N8O. The molecule has 1 aliphatic heterocycles. The highest BCUT2D eigenvalue weighted by atomic mass is 16.1. The zero-order valence-corrected chi connectivity index (χ0v) is 15.3. The molecular weight excluding hydrogens is 356 g/mol. The first-order valence-corrected chi connectivity index (χ1v) is 9.39. The maximum absolute atomic E-state index is 12.3. The van der Waals surface area contributed by atoms with E-state index in [9.17, 15) is 4.79 Å². The van der Waals surface area contributed by atoms with Crippen LogP contribution >= 0.6 is 0 Å². The van der Waals surface area contributed by atoms with Gasteiger partial charge in [-0.2, -0.15) is 5.10 Å². The molecule has 0 bridgehead atoms. The van der Waals surface area contributed by atoms with E-state index in [0.29, 0.717) is 18.3 Å². The van der Waals surface area contributed by atoms with Crippen LogP contribution in [0.15, 0.2) is 54.0 Å². The SMILES string of the molecule is O=c1ccc(-n2cccn2)nn1CC1CCN(c2ncnc3[nH]ccc23)CC1. The number of anilines is 1. The fourth-order valence-corrected chi connectivity index (χ4v) is 3.78. The first-order valence-electron chi connectivity index (χ1n) is 9.39. The highest BCUT2D eigenvalue weighted by Gasteiger charge is 2.23. The minimum Gasteiger partial charge on any atom is -0.356 e. The van der Waals surface area contributed by atoms with Crippen molar-refractivity contribution in [1.29, 1.82) is 0 Å². The van der Waals surface area contributed by atoms with Crippen LogP contribution in [-0.2, 0) is 6.54 Å². The number of nitrogens with one attached hydrogen (secondary N) is 1. The lowest BCUT2D eigenvalue weighted by Crippen LogP contribution is -2.37. The number of fused-ring (bicyclic) bond motifs is 1. The van der Waals surface area contributed by atoms with Gasteiger partial charge in [-0.3, -0.25) is 4.79 Å². The Morgan fingerprint density at radius 1 is 1.14 bits per heavy atom. The molecule has 1 N–H and O–H groups in total. The van der Waals surface area contributed by atoms with Crippen molar-refractivity contribution in [2.24, 2.45) is 5.92 Å². The van der Waals surface area contributed by atoms with E-state index in [1.807, 2.05) is 24.5 Å². The van der Waals surface area contributed by atoms with Crippen LogP contribution in [0.1, 0.15) is 12.8 Å². The van der Waals surface area contributed by atoms with Crippen molar-refractivity contribution in [1.82, 2.24) is 34.5 Å². The molecule has 1 aliphatic rings. The maximum Gasteiger partial charge on any atom is 0.266 e. The molecule has 1 fully saturated rings. The topological polar surface area (TPSA) is 97.5 Å². The zero-order chi connectivity index (χ0) is 18.9. The molecule has 142 valence electrons. The summed E-state index contributed by atoms with van der Waals surface area (Å²) < 4.78 is 3.22. The van der Waals surface area contributed by atoms with Crippen molar-refractivity contribution in [2.75, 3.05) is 18.0 Å². The summed E-state index contributed by atoms with van der Waals surface area (Å²) in [5.41, 5.74) is 0.779. The van der Waals surface area contributed by atoms with Crippen LogP contribution in [0.25, 0.3) is 16.9 Å². The highest BCUT2D eigenvalue weighted by Crippen LogP contribution is 2.27. The molecule has 5 rings (SSSR count). The predicted octanol–water partition coefficient (Wildman–Crippen LogP) is 1.62. The number of hydrogen-bond donors (Lipinski definition) is 1. The Hall–Kier alpha value is -3.49. The van der Waals surface area contributed by atoms with Gasteiger partial charge in [-0.15, -0.1) is 5.10 Å². The monoisotopic (exact) mass is 376 g/mol. The second-order valence-electron chi connectivity index (χ2n) is 7.03. The van der Waals surface area contributed by atoms with Gasteiger partial charge in [0.25, 0.3) is 5.56 Å². The summed E-state index contributed by atoms with van der Waals surface area (Å²) in [5.74, 6) is 2.02. The molecule has 0 radical (unpaired) electrons. The van der Waals surface area contributed by atoms with E-state index in [0.717, 1.165) is 42.8 Å². The number of hydrogen-bond acceptors (Lipinski definition) is 6. The second kappa shape index (κ2) is 6.91. The molecule has 0 spiro atoms. The molecule has 9 heteroatoms. The quantitative estimate of drug-likeness (QED) is 0.581. The smallest absolute Gasteiger partial charge is 0.266 e. The van der Waals surface area contributed by atoms with Crippen molar-refractivity contribution >= 4 is 16.9 Å². The molecule has 5 heterocycles. The van der Waals surface area contributed by atoms with Gasteiger partial charge < -0.3 is 9.88 Å². The number of nitrogens with zero attached hydrogens (tertiary/aromatic N) is 7. The molecule has 0 aromatic carbocycles. The highest BCUT2D eigenvalue weighted by molar-refractivity contribution is 5.87. The molecule has 4 aromatic rings. The van der Waals surface area contributed by atoms with Gasteiger partial charge in [-0.1, -0.05) is 0 Å². The van der Waals surface area contributed by atoms with Gasteiger partial charge >= 0.3 is 0 Å². The Bertz CT molecular complexity index is 1140. The lowest BCUT2D eigenvalue weighted by atomic mass is 9.96. The number of aromatic amines is 1. The molecule has 9 nitrogen and oxygen atoms in total. The third-order valence-corrected chi connectivity index (χ3v) is 5.27. The van der Waals surface area contributed by atoms with E-state index in [4.69, 9.17) is 0 Å². The second-order valence-corrected chi connectivity index (χ2v) is 7.03. The first-order chi connectivity index (χ1) is 13.8. The Labute approximate surface area is 160 Å². The number of rotatable bonds is 4. The zero-order valence-electron chi connectivity index (χ0n) is 15.3. The third kappa shape index (κ3) is 3.04. The Morgan fingerprint density at radius 3 is 2.86 bits per heavy atom. The van der Waals surface area contributed by atoms with Gasteiger partial charge in [0, 0.05) is 44.3 Å². The van der Waals surface area contributed by atoms with Gasteiger partial charge in [-0.05, 0) is 37.0 Å². The van der Waals surface area contributed by atoms with Gasteiger partial charge in [0.2, 0.25) is 0 Å². The van der Waals surface area contributed by atoms with E-state index in [1.54, 1.807) is 34.0 Å². The number of H-pyrrole nitrogens is 1. The summed E-state index contributed by atoms with van der Waals surface area (Å²) in [6, 6.07) is 7.11. The summed E-state index contributed by atoms with van der Waals surface area (Å²) in [5, 5.41) is 9.72. The fourth-order valence-electron chi connectivity index (χ4n) is 3.78. The normalized spacial score (nSPS) is 15.4. The van der Waals surface area contributed by atoms with Gasteiger partial charge in [0.05, 0.1) is 5.39 Å². The van der Waals surface area contributed by atoms with Crippen LogP contribution in [0, 0.1) is 5.92 Å². The number of aromatic nitrogens is 7. The average Bonchev–Trinajstić information content (AvgIpc) is 3.42. The predicted molar refractivity (Wildman–Crippen MR) is 104 cm³/mol. The summed E-state index contributed by atoms with van der Waals surface area (Å²) in [4.78, 5) is 26.4. The van der Waals surface area contributed by atoms with Gasteiger partial charge in [0.1, 0.15) is 17.8 Å². The average molecular weight is 376 g/mol. The molecule has 0 amide bonds. The minimum absolute atomic E-state index is 0.0804. The van der Waals surface area contributed by atoms with E-state index < -0.39 is 0 Å². The van der Waals surface area contributed by atoms with Crippen molar-refractivity contribution < 1.29 is 0 Å². The lowest BCUT2D eigenvalue weighted by molar-refractivity contribution is 0.334. The van der Waals surface area contributed by atoms with E-state index in [-0.39, 0.29) is 5.56 Å². The van der Waals surface area contributed by atoms with E-state index in [2.05, 4.69) is 30.0 Å². The minimum atomic E-state index is -0.0804. The van der Waals surface area contributed by atoms with Crippen molar-refractivity contribution in [3.8, 4) is 5.82 Å². The fraction of sp³-hybridized carbons (Fsp3) is 0.316. The summed E-state index contributed by atoms with van der Waals surface area (Å²) in [6.45, 7) is 2.41. The van der Waals surface area contributed by atoms with Crippen molar-refractivity contribution in [3.05, 3.63) is 59.5 Å².